The maximum absolute atomic E-state index is 11.5. The lowest BCUT2D eigenvalue weighted by molar-refractivity contribution is -0.118. The van der Waals surface area contributed by atoms with Crippen molar-refractivity contribution in [3.05, 3.63) is 40.8 Å². The summed E-state index contributed by atoms with van der Waals surface area (Å²) < 4.78 is 10.5. The average molecular weight is 500 g/mol. The molecule has 1 amide bonds. The molecule has 1 aliphatic carbocycles. The number of pyridine rings is 2. The van der Waals surface area contributed by atoms with E-state index in [0.717, 1.165) is 23.9 Å². The lowest BCUT2D eigenvalue weighted by atomic mass is 9.88. The Labute approximate surface area is 206 Å². The molecule has 1 fully saturated rings. The minimum absolute atomic E-state index is 0.0528. The van der Waals surface area contributed by atoms with Crippen LogP contribution in [0.15, 0.2) is 24.5 Å². The normalized spacial score (nSPS) is 21.8. The predicted molar refractivity (Wildman–Crippen MR) is 128 cm³/mol. The minimum Gasteiger partial charge on any atom is -0.481 e. The molecule has 11 nitrogen and oxygen atoms in total. The van der Waals surface area contributed by atoms with Crippen LogP contribution in [0.25, 0.3) is 11.0 Å². The van der Waals surface area contributed by atoms with Crippen molar-refractivity contribution in [2.75, 3.05) is 19.0 Å². The molecule has 0 aromatic carbocycles. The van der Waals surface area contributed by atoms with Gasteiger partial charge >= 0.3 is 0 Å². The molecule has 0 saturated heterocycles. The maximum atomic E-state index is 11.5. The standard InChI is InChI=1S/C23H26ClN7O4/c1-34-20-5-4-17-21(31-20)14(15(24)10-27-17)9-26-16-3-2-12(6-18(16)32)25-7-13-8-28-23-22(29-13)30-19(33)11-35-23/h4-5,8,10,12,16,18,25-26,32H,2-3,6-7,9,11H2,1H3,(H,29,30,33)/t12-,16-,18+/m1/s1. The summed E-state index contributed by atoms with van der Waals surface area (Å²) in [6.45, 7) is 0.872. The van der Waals surface area contributed by atoms with Crippen LogP contribution in [0, 0.1) is 0 Å². The molecule has 0 bridgehead atoms. The Balaban J connectivity index is 1.16. The van der Waals surface area contributed by atoms with Gasteiger partial charge in [-0.25, -0.2) is 15.0 Å². The van der Waals surface area contributed by atoms with Crippen LogP contribution >= 0.6 is 11.6 Å². The Hall–Kier alpha value is -3.12. The zero-order valence-electron chi connectivity index (χ0n) is 19.1. The number of aromatic nitrogens is 4. The largest absolute Gasteiger partial charge is 0.481 e. The van der Waals surface area contributed by atoms with Crippen LogP contribution in [-0.2, 0) is 17.9 Å². The van der Waals surface area contributed by atoms with Crippen molar-refractivity contribution in [1.82, 2.24) is 30.6 Å². The van der Waals surface area contributed by atoms with Crippen LogP contribution in [0.5, 0.6) is 11.8 Å². The van der Waals surface area contributed by atoms with Gasteiger partial charge in [-0.1, -0.05) is 11.6 Å². The number of methoxy groups -OCH3 is 1. The number of aliphatic hydroxyl groups is 1. The molecule has 1 saturated carbocycles. The molecule has 3 aromatic rings. The van der Waals surface area contributed by atoms with E-state index in [-0.39, 0.29) is 24.6 Å². The number of aliphatic hydroxyl groups excluding tert-OH is 1. The summed E-state index contributed by atoms with van der Waals surface area (Å²) in [6.07, 6.45) is 4.97. The van der Waals surface area contributed by atoms with Gasteiger partial charge in [0.25, 0.3) is 11.8 Å². The topological polar surface area (TPSA) is 143 Å². The summed E-state index contributed by atoms with van der Waals surface area (Å²) in [6, 6.07) is 3.66. The summed E-state index contributed by atoms with van der Waals surface area (Å²) >= 11 is 6.43. The van der Waals surface area contributed by atoms with Crippen LogP contribution in [0.2, 0.25) is 5.02 Å². The third kappa shape index (κ3) is 5.27. The fraction of sp³-hybridized carbons (Fsp3) is 0.435. The van der Waals surface area contributed by atoms with Crippen molar-refractivity contribution in [3.63, 3.8) is 0 Å². The molecule has 0 spiro atoms. The third-order valence-electron chi connectivity index (χ3n) is 6.26. The minimum atomic E-state index is -0.530. The van der Waals surface area contributed by atoms with Crippen molar-refractivity contribution in [3.8, 4) is 11.8 Å². The van der Waals surface area contributed by atoms with Gasteiger partial charge in [0.1, 0.15) is 0 Å². The number of fused-ring (bicyclic) bond motifs is 2. The van der Waals surface area contributed by atoms with Gasteiger partial charge in [-0.2, -0.15) is 0 Å². The van der Waals surface area contributed by atoms with Crippen molar-refractivity contribution < 1.29 is 19.4 Å². The molecule has 0 radical (unpaired) electrons. The predicted octanol–water partition coefficient (Wildman–Crippen LogP) is 1.57. The second kappa shape index (κ2) is 10.2. The van der Waals surface area contributed by atoms with Gasteiger partial charge in [-0.3, -0.25) is 9.78 Å². The van der Waals surface area contributed by atoms with Crippen molar-refractivity contribution in [2.45, 2.75) is 50.5 Å². The van der Waals surface area contributed by atoms with Crippen molar-refractivity contribution in [2.24, 2.45) is 0 Å². The first-order valence-electron chi connectivity index (χ1n) is 11.4. The summed E-state index contributed by atoms with van der Waals surface area (Å²) in [4.78, 5) is 29.0. The second-order valence-corrected chi connectivity index (χ2v) is 9.01. The molecule has 2 aliphatic rings. The molecule has 3 aromatic heterocycles. The number of hydrogen-bond donors (Lipinski definition) is 4. The number of nitrogens with zero attached hydrogens (tertiary/aromatic N) is 4. The van der Waals surface area contributed by atoms with E-state index < -0.39 is 6.10 Å². The third-order valence-corrected chi connectivity index (χ3v) is 6.59. The Morgan fingerprint density at radius 1 is 1.20 bits per heavy atom. The first-order valence-corrected chi connectivity index (χ1v) is 11.8. The number of hydrogen-bond acceptors (Lipinski definition) is 10. The monoisotopic (exact) mass is 499 g/mol. The van der Waals surface area contributed by atoms with Crippen LogP contribution in [-0.4, -0.2) is 62.9 Å². The molecule has 5 rings (SSSR count). The first-order chi connectivity index (χ1) is 17.0. The molecule has 3 atom stereocenters. The van der Waals surface area contributed by atoms with Crippen LogP contribution in [0.1, 0.15) is 30.5 Å². The zero-order chi connectivity index (χ0) is 24.4. The number of ether oxygens (including phenoxy) is 2. The number of rotatable bonds is 7. The van der Waals surface area contributed by atoms with E-state index >= 15 is 0 Å². The molecule has 4 heterocycles. The highest BCUT2D eigenvalue weighted by atomic mass is 35.5. The molecule has 12 heteroatoms. The van der Waals surface area contributed by atoms with Gasteiger partial charge in [0, 0.05) is 43.0 Å². The molecule has 184 valence electrons. The Kier molecular flexibility index (Phi) is 6.91. The molecule has 35 heavy (non-hydrogen) atoms. The van der Waals surface area contributed by atoms with Crippen molar-refractivity contribution >= 4 is 34.4 Å². The van der Waals surface area contributed by atoms with Crippen molar-refractivity contribution in [1.29, 1.82) is 0 Å². The van der Waals surface area contributed by atoms with E-state index in [1.54, 1.807) is 25.6 Å². The highest BCUT2D eigenvalue weighted by molar-refractivity contribution is 6.32. The molecule has 1 aliphatic heterocycles. The lowest BCUT2D eigenvalue weighted by Crippen LogP contribution is -2.48. The van der Waals surface area contributed by atoms with Gasteiger partial charge in [0.05, 0.1) is 41.2 Å². The highest BCUT2D eigenvalue weighted by Gasteiger charge is 2.29. The van der Waals surface area contributed by atoms with Crippen LogP contribution in [0.3, 0.4) is 0 Å². The first kappa shape index (κ1) is 23.6. The summed E-state index contributed by atoms with van der Waals surface area (Å²) in [5, 5.41) is 20.8. The quantitative estimate of drug-likeness (QED) is 0.378. The Morgan fingerprint density at radius 3 is 2.91 bits per heavy atom. The van der Waals surface area contributed by atoms with Gasteiger partial charge in [-0.15, -0.1) is 0 Å². The Morgan fingerprint density at radius 2 is 2.09 bits per heavy atom. The number of amides is 1. The Bertz CT molecular complexity index is 1240. The maximum Gasteiger partial charge on any atom is 0.263 e. The zero-order valence-corrected chi connectivity index (χ0v) is 19.9. The highest BCUT2D eigenvalue weighted by Crippen LogP contribution is 2.27. The van der Waals surface area contributed by atoms with E-state index in [0.29, 0.717) is 53.3 Å². The van der Waals surface area contributed by atoms with E-state index in [2.05, 4.69) is 35.9 Å². The molecular formula is C23H26ClN7O4. The van der Waals surface area contributed by atoms with Crippen LogP contribution < -0.4 is 25.4 Å². The molecule has 4 N–H and O–H groups in total. The smallest absolute Gasteiger partial charge is 0.263 e. The van der Waals surface area contributed by atoms with Gasteiger partial charge in [-0.05, 0) is 25.3 Å². The summed E-state index contributed by atoms with van der Waals surface area (Å²) in [5.41, 5.74) is 2.93. The number of carbonyl (C=O) groups excluding carboxylic acids is 1. The van der Waals surface area contributed by atoms with E-state index in [4.69, 9.17) is 21.1 Å². The summed E-state index contributed by atoms with van der Waals surface area (Å²) in [5.74, 6) is 0.906. The average Bonchev–Trinajstić information content (AvgIpc) is 2.87. The molecule has 0 unspecified atom stereocenters. The van der Waals surface area contributed by atoms with Gasteiger partial charge in [0.2, 0.25) is 5.88 Å². The van der Waals surface area contributed by atoms with Gasteiger partial charge < -0.3 is 30.5 Å². The number of halogens is 1. The number of carbonyl (C=O) groups is 1. The van der Waals surface area contributed by atoms with E-state index in [9.17, 15) is 9.90 Å². The fourth-order valence-electron chi connectivity index (χ4n) is 4.40. The van der Waals surface area contributed by atoms with E-state index in [1.165, 1.54) is 0 Å². The molecular weight excluding hydrogens is 474 g/mol. The lowest BCUT2D eigenvalue weighted by Gasteiger charge is -2.34. The second-order valence-electron chi connectivity index (χ2n) is 8.60. The van der Waals surface area contributed by atoms with Crippen LogP contribution in [0.4, 0.5) is 5.82 Å². The SMILES string of the molecule is COc1ccc2ncc(Cl)c(CN[C@@H]3CC[C@@H](NCc4cnc5c(n4)NC(=O)CO5)C[C@@H]3O)c2n1. The van der Waals surface area contributed by atoms with E-state index in [1.807, 2.05) is 6.07 Å². The fourth-order valence-corrected chi connectivity index (χ4v) is 4.61. The number of nitrogens with one attached hydrogen (secondary N) is 3. The van der Waals surface area contributed by atoms with Gasteiger partial charge in [0.15, 0.2) is 12.4 Å². The summed E-state index contributed by atoms with van der Waals surface area (Å²) in [7, 11) is 1.57. The number of anilines is 1.